The number of hydrogen-bond donors (Lipinski definition) is 1. The minimum atomic E-state index is -0.124. The molecule has 1 saturated heterocycles. The van der Waals surface area contributed by atoms with Crippen molar-refractivity contribution in [1.82, 2.24) is 5.32 Å². The number of esters is 1. The van der Waals surface area contributed by atoms with E-state index in [1.54, 1.807) is 11.8 Å². The standard InChI is InChI=1S/C12H15NO2S/c14-12(11-8-16-9-13-11)15-7-6-10-4-2-1-3-5-10/h1-5,11,13H,6-9H2/t11-/m0/s1. The highest BCUT2D eigenvalue weighted by Crippen LogP contribution is 2.10. The number of benzene rings is 1. The summed E-state index contributed by atoms with van der Waals surface area (Å²) < 4.78 is 5.22. The largest absolute Gasteiger partial charge is 0.464 e. The fraction of sp³-hybridized carbons (Fsp3) is 0.417. The first-order valence-electron chi connectivity index (χ1n) is 5.38. The van der Waals surface area contributed by atoms with Crippen LogP contribution in [0.15, 0.2) is 30.3 Å². The van der Waals surface area contributed by atoms with Crippen LogP contribution in [-0.2, 0) is 16.0 Å². The molecule has 1 aliphatic rings. The van der Waals surface area contributed by atoms with Gasteiger partial charge in [0.15, 0.2) is 0 Å². The Morgan fingerprint density at radius 1 is 1.44 bits per heavy atom. The van der Waals surface area contributed by atoms with Gasteiger partial charge in [0.25, 0.3) is 0 Å². The van der Waals surface area contributed by atoms with Gasteiger partial charge in [-0.3, -0.25) is 10.1 Å². The Kier molecular flexibility index (Phi) is 4.25. The van der Waals surface area contributed by atoms with Crippen LogP contribution in [-0.4, -0.2) is 30.2 Å². The molecule has 1 atom stereocenters. The lowest BCUT2D eigenvalue weighted by atomic mass is 10.2. The minimum absolute atomic E-state index is 0.110. The van der Waals surface area contributed by atoms with Crippen LogP contribution in [0.3, 0.4) is 0 Å². The van der Waals surface area contributed by atoms with Gasteiger partial charge in [-0.1, -0.05) is 30.3 Å². The second kappa shape index (κ2) is 5.92. The van der Waals surface area contributed by atoms with Gasteiger partial charge in [-0.15, -0.1) is 11.8 Å². The quantitative estimate of drug-likeness (QED) is 0.804. The maximum absolute atomic E-state index is 11.5. The smallest absolute Gasteiger partial charge is 0.324 e. The molecule has 4 heteroatoms. The van der Waals surface area contributed by atoms with Crippen LogP contribution in [0, 0.1) is 0 Å². The predicted octanol–water partition coefficient (Wildman–Crippen LogP) is 1.43. The zero-order valence-corrected chi connectivity index (χ0v) is 9.83. The Labute approximate surface area is 99.6 Å². The molecule has 0 spiro atoms. The topological polar surface area (TPSA) is 38.3 Å². The van der Waals surface area contributed by atoms with Gasteiger partial charge in [-0.25, -0.2) is 0 Å². The highest BCUT2D eigenvalue weighted by Gasteiger charge is 2.23. The van der Waals surface area contributed by atoms with E-state index >= 15 is 0 Å². The van der Waals surface area contributed by atoms with Crippen LogP contribution in [0.5, 0.6) is 0 Å². The van der Waals surface area contributed by atoms with Gasteiger partial charge >= 0.3 is 5.97 Å². The summed E-state index contributed by atoms with van der Waals surface area (Å²) in [7, 11) is 0. The molecule has 2 rings (SSSR count). The van der Waals surface area contributed by atoms with Gasteiger partial charge in [0.2, 0.25) is 0 Å². The number of ether oxygens (including phenoxy) is 1. The van der Waals surface area contributed by atoms with Crippen molar-refractivity contribution in [2.45, 2.75) is 12.5 Å². The lowest BCUT2D eigenvalue weighted by Gasteiger charge is -2.09. The minimum Gasteiger partial charge on any atom is -0.464 e. The van der Waals surface area contributed by atoms with Crippen molar-refractivity contribution in [3.63, 3.8) is 0 Å². The maximum Gasteiger partial charge on any atom is 0.324 e. The Bertz CT molecular complexity index is 336. The molecule has 1 aromatic carbocycles. The summed E-state index contributed by atoms with van der Waals surface area (Å²) in [5.41, 5.74) is 1.20. The summed E-state index contributed by atoms with van der Waals surface area (Å²) in [6.45, 7) is 0.464. The first kappa shape index (κ1) is 11.5. The SMILES string of the molecule is O=C(OCCc1ccccc1)[C@@H]1CSCN1. The molecule has 0 aromatic heterocycles. The molecule has 86 valence electrons. The van der Waals surface area contributed by atoms with Crippen LogP contribution in [0.25, 0.3) is 0 Å². The van der Waals surface area contributed by atoms with E-state index in [1.807, 2.05) is 30.3 Å². The second-order valence-electron chi connectivity index (χ2n) is 3.67. The molecule has 0 radical (unpaired) electrons. The van der Waals surface area contributed by atoms with Crippen LogP contribution in [0.2, 0.25) is 0 Å². The van der Waals surface area contributed by atoms with Gasteiger partial charge in [-0.2, -0.15) is 0 Å². The number of rotatable bonds is 4. The van der Waals surface area contributed by atoms with E-state index in [-0.39, 0.29) is 12.0 Å². The van der Waals surface area contributed by atoms with E-state index in [4.69, 9.17) is 4.74 Å². The maximum atomic E-state index is 11.5. The number of hydrogen-bond acceptors (Lipinski definition) is 4. The average molecular weight is 237 g/mol. The monoisotopic (exact) mass is 237 g/mol. The number of nitrogens with one attached hydrogen (secondary N) is 1. The molecule has 1 N–H and O–H groups in total. The zero-order valence-electron chi connectivity index (χ0n) is 9.02. The summed E-state index contributed by atoms with van der Waals surface area (Å²) in [5, 5.41) is 3.09. The normalized spacial score (nSPS) is 19.6. The van der Waals surface area contributed by atoms with E-state index in [2.05, 4.69) is 5.32 Å². The van der Waals surface area contributed by atoms with Gasteiger partial charge in [0, 0.05) is 18.1 Å². The molecular formula is C12H15NO2S. The Morgan fingerprint density at radius 3 is 2.94 bits per heavy atom. The highest BCUT2D eigenvalue weighted by atomic mass is 32.2. The van der Waals surface area contributed by atoms with E-state index in [1.165, 1.54) is 5.56 Å². The van der Waals surface area contributed by atoms with Gasteiger partial charge in [-0.05, 0) is 5.56 Å². The average Bonchev–Trinajstić information content (AvgIpc) is 2.84. The molecule has 0 unspecified atom stereocenters. The van der Waals surface area contributed by atoms with Gasteiger partial charge in [0.05, 0.1) is 6.61 Å². The van der Waals surface area contributed by atoms with E-state index in [0.717, 1.165) is 18.1 Å². The number of carbonyl (C=O) groups is 1. The Balaban J connectivity index is 1.70. The van der Waals surface area contributed by atoms with Crippen molar-refractivity contribution in [3.05, 3.63) is 35.9 Å². The van der Waals surface area contributed by atoms with Gasteiger partial charge in [0.1, 0.15) is 6.04 Å². The van der Waals surface area contributed by atoms with Gasteiger partial charge < -0.3 is 4.74 Å². The van der Waals surface area contributed by atoms with Crippen molar-refractivity contribution < 1.29 is 9.53 Å². The molecule has 0 saturated carbocycles. The van der Waals surface area contributed by atoms with Crippen molar-refractivity contribution in [2.75, 3.05) is 18.2 Å². The molecule has 0 amide bonds. The van der Waals surface area contributed by atoms with Crippen molar-refractivity contribution in [2.24, 2.45) is 0 Å². The molecule has 16 heavy (non-hydrogen) atoms. The first-order chi connectivity index (χ1) is 7.86. The third kappa shape index (κ3) is 3.25. The Hall–Kier alpha value is -1.00. The van der Waals surface area contributed by atoms with Crippen LogP contribution >= 0.6 is 11.8 Å². The lowest BCUT2D eigenvalue weighted by molar-refractivity contribution is -0.145. The molecule has 1 fully saturated rings. The summed E-state index contributed by atoms with van der Waals surface area (Å²) >= 11 is 1.73. The molecule has 1 aliphatic heterocycles. The molecule has 3 nitrogen and oxygen atoms in total. The molecule has 0 aliphatic carbocycles. The highest BCUT2D eigenvalue weighted by molar-refractivity contribution is 7.99. The third-order valence-corrected chi connectivity index (χ3v) is 3.42. The fourth-order valence-electron chi connectivity index (χ4n) is 1.56. The molecule has 0 bridgehead atoms. The zero-order chi connectivity index (χ0) is 11.2. The lowest BCUT2D eigenvalue weighted by Crippen LogP contribution is -2.34. The van der Waals surface area contributed by atoms with E-state index in [0.29, 0.717) is 6.61 Å². The van der Waals surface area contributed by atoms with Crippen molar-refractivity contribution in [3.8, 4) is 0 Å². The first-order valence-corrected chi connectivity index (χ1v) is 6.53. The fourth-order valence-corrected chi connectivity index (χ4v) is 2.49. The summed E-state index contributed by atoms with van der Waals surface area (Å²) in [6.07, 6.45) is 0.784. The molecule has 1 aromatic rings. The summed E-state index contributed by atoms with van der Waals surface area (Å²) in [6, 6.07) is 9.93. The Morgan fingerprint density at radius 2 is 2.25 bits per heavy atom. The molecular weight excluding hydrogens is 222 g/mol. The van der Waals surface area contributed by atoms with E-state index in [9.17, 15) is 4.79 Å². The number of carbonyl (C=O) groups excluding carboxylic acids is 1. The predicted molar refractivity (Wildman–Crippen MR) is 65.4 cm³/mol. The molecule has 1 heterocycles. The van der Waals surface area contributed by atoms with Crippen LogP contribution in [0.1, 0.15) is 5.56 Å². The third-order valence-electron chi connectivity index (χ3n) is 2.48. The van der Waals surface area contributed by atoms with Crippen molar-refractivity contribution >= 4 is 17.7 Å². The summed E-state index contributed by atoms with van der Waals surface area (Å²) in [5.74, 6) is 1.55. The summed E-state index contributed by atoms with van der Waals surface area (Å²) in [4.78, 5) is 11.5. The second-order valence-corrected chi connectivity index (χ2v) is 4.71. The van der Waals surface area contributed by atoms with E-state index < -0.39 is 0 Å². The van der Waals surface area contributed by atoms with Crippen LogP contribution in [0.4, 0.5) is 0 Å². The van der Waals surface area contributed by atoms with Crippen LogP contribution < -0.4 is 5.32 Å². The number of thioether (sulfide) groups is 1. The van der Waals surface area contributed by atoms with Crippen molar-refractivity contribution in [1.29, 1.82) is 0 Å².